The van der Waals surface area contributed by atoms with Crippen LogP contribution in [0, 0.1) is 0 Å². The second-order valence-corrected chi connectivity index (χ2v) is 5.44. The minimum absolute atomic E-state index is 0.229. The lowest BCUT2D eigenvalue weighted by atomic mass is 10.0. The van der Waals surface area contributed by atoms with Gasteiger partial charge in [-0.05, 0) is 30.7 Å². The summed E-state index contributed by atoms with van der Waals surface area (Å²) in [5.74, 6) is 1.33. The van der Waals surface area contributed by atoms with Gasteiger partial charge in [0.25, 0.3) is 0 Å². The fourth-order valence-corrected chi connectivity index (χ4v) is 3.33. The highest BCUT2D eigenvalue weighted by Crippen LogP contribution is 2.35. The van der Waals surface area contributed by atoms with Gasteiger partial charge in [0.2, 0.25) is 5.76 Å². The van der Waals surface area contributed by atoms with Crippen molar-refractivity contribution in [3.63, 3.8) is 0 Å². The standard InChI is InChI=1S/C15H16N2O2S/c1-10-9-12(18-2)13(17-16)15(14(10)19-3)20-11-7-5-4-6-8-11/h4-9,15H,1-3H3. The predicted molar refractivity (Wildman–Crippen MR) is 79.5 cm³/mol. The molecule has 0 aliphatic heterocycles. The van der Waals surface area contributed by atoms with Gasteiger partial charge in [-0.1, -0.05) is 18.2 Å². The first-order valence-corrected chi connectivity index (χ1v) is 7.03. The predicted octanol–water partition coefficient (Wildman–Crippen LogP) is 3.28. The van der Waals surface area contributed by atoms with E-state index < -0.39 is 0 Å². The van der Waals surface area contributed by atoms with E-state index in [-0.39, 0.29) is 5.25 Å². The maximum Gasteiger partial charge on any atom is 0.354 e. The van der Waals surface area contributed by atoms with Crippen molar-refractivity contribution in [1.29, 1.82) is 0 Å². The normalized spacial score (nSPS) is 18.4. The summed E-state index contributed by atoms with van der Waals surface area (Å²) in [7, 11) is 3.18. The second kappa shape index (κ2) is 6.46. The molecule has 104 valence electrons. The first-order valence-electron chi connectivity index (χ1n) is 6.15. The molecule has 1 atom stereocenters. The van der Waals surface area contributed by atoms with Gasteiger partial charge in [-0.25, -0.2) is 0 Å². The van der Waals surface area contributed by atoms with E-state index >= 15 is 0 Å². The molecule has 4 nitrogen and oxygen atoms in total. The third-order valence-electron chi connectivity index (χ3n) is 3.02. The van der Waals surface area contributed by atoms with Crippen LogP contribution in [0.15, 0.2) is 58.4 Å². The first kappa shape index (κ1) is 14.4. The Hall–Kier alpha value is -1.97. The summed E-state index contributed by atoms with van der Waals surface area (Å²) in [4.78, 5) is 4.47. The van der Waals surface area contributed by atoms with Gasteiger partial charge in [0.15, 0.2) is 5.25 Å². The Morgan fingerprint density at radius 1 is 1.15 bits per heavy atom. The number of nitrogens with zero attached hydrogens (tertiary/aromatic N) is 2. The highest BCUT2D eigenvalue weighted by Gasteiger charge is 2.38. The number of rotatable bonds is 4. The van der Waals surface area contributed by atoms with E-state index in [4.69, 9.17) is 9.47 Å². The highest BCUT2D eigenvalue weighted by atomic mass is 32.2. The number of benzene rings is 1. The molecule has 20 heavy (non-hydrogen) atoms. The molecule has 0 amide bonds. The number of hydrogen-bond donors (Lipinski definition) is 0. The van der Waals surface area contributed by atoms with Crippen LogP contribution in [0.1, 0.15) is 6.92 Å². The fraction of sp³-hybridized carbons (Fsp3) is 0.267. The molecular formula is C15H16N2O2S. The molecule has 0 bridgehead atoms. The number of allylic oxidation sites excluding steroid dienone is 3. The Morgan fingerprint density at radius 3 is 2.40 bits per heavy atom. The monoisotopic (exact) mass is 288 g/mol. The molecule has 0 aromatic heterocycles. The van der Waals surface area contributed by atoms with Gasteiger partial charge in [-0.3, -0.25) is 0 Å². The fourth-order valence-electron chi connectivity index (χ4n) is 2.08. The van der Waals surface area contributed by atoms with Gasteiger partial charge < -0.3 is 15.0 Å². The SMILES string of the molecule is COC1=CC(C)=C(OC)C(Sc2ccccc2)C1=[N+]=[N-]. The van der Waals surface area contributed by atoms with Crippen molar-refractivity contribution in [2.75, 3.05) is 14.2 Å². The lowest BCUT2D eigenvalue weighted by Crippen LogP contribution is -2.28. The molecule has 1 aliphatic carbocycles. The molecule has 5 heteroatoms. The van der Waals surface area contributed by atoms with Crippen LogP contribution in [-0.4, -0.2) is 30.0 Å². The quantitative estimate of drug-likeness (QED) is 0.631. The Labute approximate surface area is 122 Å². The summed E-state index contributed by atoms with van der Waals surface area (Å²) in [5, 5.41) is -0.229. The Morgan fingerprint density at radius 2 is 1.85 bits per heavy atom. The zero-order valence-corrected chi connectivity index (χ0v) is 12.5. The molecule has 1 aromatic rings. The van der Waals surface area contributed by atoms with Crippen LogP contribution in [0.2, 0.25) is 0 Å². The summed E-state index contributed by atoms with van der Waals surface area (Å²) in [6, 6.07) is 9.92. The van der Waals surface area contributed by atoms with Gasteiger partial charge in [0.1, 0.15) is 5.76 Å². The summed E-state index contributed by atoms with van der Waals surface area (Å²) >= 11 is 1.56. The topological polar surface area (TPSA) is 54.9 Å². The lowest BCUT2D eigenvalue weighted by Gasteiger charge is -2.21. The molecule has 1 aromatic carbocycles. The second-order valence-electron chi connectivity index (χ2n) is 4.26. The van der Waals surface area contributed by atoms with Crippen molar-refractivity contribution in [3.05, 3.63) is 59.0 Å². The molecule has 1 unspecified atom stereocenters. The van der Waals surface area contributed by atoms with Crippen molar-refractivity contribution in [2.24, 2.45) is 0 Å². The summed E-state index contributed by atoms with van der Waals surface area (Å²) in [6.45, 7) is 1.95. The van der Waals surface area contributed by atoms with E-state index in [9.17, 15) is 5.53 Å². The van der Waals surface area contributed by atoms with Crippen molar-refractivity contribution in [3.8, 4) is 0 Å². The first-order chi connectivity index (χ1) is 9.71. The molecule has 0 fully saturated rings. The van der Waals surface area contributed by atoms with E-state index in [1.165, 1.54) is 0 Å². The van der Waals surface area contributed by atoms with Gasteiger partial charge in [0.05, 0.1) is 14.2 Å². The van der Waals surface area contributed by atoms with E-state index in [0.29, 0.717) is 11.5 Å². The van der Waals surface area contributed by atoms with Crippen LogP contribution in [-0.2, 0) is 9.47 Å². The van der Waals surface area contributed by atoms with E-state index in [1.54, 1.807) is 26.0 Å². The van der Waals surface area contributed by atoms with Crippen LogP contribution >= 0.6 is 11.8 Å². The third kappa shape index (κ3) is 2.79. The van der Waals surface area contributed by atoms with Crippen LogP contribution in [0.25, 0.3) is 5.53 Å². The Bertz CT molecular complexity index is 602. The van der Waals surface area contributed by atoms with Gasteiger partial charge >= 0.3 is 5.71 Å². The minimum Gasteiger partial charge on any atom is -0.499 e. The molecular weight excluding hydrogens is 272 g/mol. The molecule has 2 rings (SSSR count). The smallest absolute Gasteiger partial charge is 0.354 e. The highest BCUT2D eigenvalue weighted by molar-refractivity contribution is 8.00. The summed E-state index contributed by atoms with van der Waals surface area (Å²) in [6.07, 6.45) is 1.82. The molecule has 0 N–H and O–H groups in total. The number of hydrogen-bond acceptors (Lipinski definition) is 3. The maximum atomic E-state index is 9.32. The van der Waals surface area contributed by atoms with E-state index in [2.05, 4.69) is 4.79 Å². The minimum atomic E-state index is -0.229. The number of methoxy groups -OCH3 is 2. The van der Waals surface area contributed by atoms with Gasteiger partial charge in [-0.2, -0.15) is 4.79 Å². The Balaban J connectivity index is 2.42. The van der Waals surface area contributed by atoms with Crippen molar-refractivity contribution < 1.29 is 14.3 Å². The summed E-state index contributed by atoms with van der Waals surface area (Å²) in [5.41, 5.74) is 10.7. The molecule has 0 saturated carbocycles. The maximum absolute atomic E-state index is 9.32. The van der Waals surface area contributed by atoms with E-state index in [1.807, 2.05) is 43.3 Å². The zero-order valence-electron chi connectivity index (χ0n) is 11.7. The van der Waals surface area contributed by atoms with Crippen LogP contribution < -0.4 is 0 Å². The van der Waals surface area contributed by atoms with Gasteiger partial charge in [0, 0.05) is 4.90 Å². The average Bonchev–Trinajstić information content (AvgIpc) is 2.48. The zero-order chi connectivity index (χ0) is 14.5. The molecule has 0 spiro atoms. The summed E-state index contributed by atoms with van der Waals surface area (Å²) < 4.78 is 10.8. The van der Waals surface area contributed by atoms with Crippen molar-refractivity contribution in [2.45, 2.75) is 17.1 Å². The third-order valence-corrected chi connectivity index (χ3v) is 4.24. The Kier molecular flexibility index (Phi) is 4.66. The molecule has 0 saturated heterocycles. The van der Waals surface area contributed by atoms with Crippen molar-refractivity contribution in [1.82, 2.24) is 0 Å². The average molecular weight is 288 g/mol. The van der Waals surface area contributed by atoms with Gasteiger partial charge in [-0.15, -0.1) is 11.8 Å². The molecule has 0 heterocycles. The number of ether oxygens (including phenoxy) is 2. The lowest BCUT2D eigenvalue weighted by molar-refractivity contribution is -0.0117. The number of thioether (sulfide) groups is 1. The molecule has 1 aliphatic rings. The largest absolute Gasteiger partial charge is 0.499 e. The molecule has 0 radical (unpaired) electrons. The van der Waals surface area contributed by atoms with Crippen LogP contribution in [0.4, 0.5) is 0 Å². The van der Waals surface area contributed by atoms with Crippen LogP contribution in [0.5, 0.6) is 0 Å². The van der Waals surface area contributed by atoms with E-state index in [0.717, 1.165) is 16.2 Å². The van der Waals surface area contributed by atoms with Crippen LogP contribution in [0.3, 0.4) is 0 Å². The van der Waals surface area contributed by atoms with Crippen molar-refractivity contribution >= 4 is 17.5 Å².